The molecule has 25 heavy (non-hydrogen) atoms. The fraction of sp³-hybridized carbons (Fsp3) is 0.632. The molecular formula is C19H26N4O2. The molecule has 1 saturated carbocycles. The SMILES string of the molecule is C=CCNc1nc(C2CC2)nc2c1CCN(C(=O)C1CCOC1)CC2. The second-order valence-electron chi connectivity index (χ2n) is 7.19. The zero-order valence-corrected chi connectivity index (χ0v) is 14.7. The van der Waals surface area contributed by atoms with Crippen molar-refractivity contribution in [3.05, 3.63) is 29.7 Å². The molecule has 3 heterocycles. The monoisotopic (exact) mass is 342 g/mol. The summed E-state index contributed by atoms with van der Waals surface area (Å²) in [6.45, 7) is 7.22. The zero-order chi connectivity index (χ0) is 17.2. The smallest absolute Gasteiger partial charge is 0.228 e. The van der Waals surface area contributed by atoms with E-state index in [9.17, 15) is 4.79 Å². The van der Waals surface area contributed by atoms with Crippen molar-refractivity contribution in [3.63, 3.8) is 0 Å². The van der Waals surface area contributed by atoms with Crippen LogP contribution in [0.3, 0.4) is 0 Å². The van der Waals surface area contributed by atoms with E-state index in [0.29, 0.717) is 25.7 Å². The van der Waals surface area contributed by atoms with Crippen LogP contribution in [-0.2, 0) is 22.4 Å². The van der Waals surface area contributed by atoms with Gasteiger partial charge in [-0.1, -0.05) is 6.08 Å². The summed E-state index contributed by atoms with van der Waals surface area (Å²) in [6, 6.07) is 0. The number of ether oxygens (including phenoxy) is 1. The molecule has 1 amide bonds. The molecule has 1 aromatic heterocycles. The summed E-state index contributed by atoms with van der Waals surface area (Å²) in [6.07, 6.45) is 6.68. The van der Waals surface area contributed by atoms with Crippen LogP contribution in [0.25, 0.3) is 0 Å². The molecule has 0 bridgehead atoms. The van der Waals surface area contributed by atoms with E-state index in [4.69, 9.17) is 14.7 Å². The Morgan fingerprint density at radius 1 is 1.28 bits per heavy atom. The Kier molecular flexibility index (Phi) is 4.70. The van der Waals surface area contributed by atoms with Gasteiger partial charge in [-0.2, -0.15) is 0 Å². The highest BCUT2D eigenvalue weighted by molar-refractivity contribution is 5.79. The van der Waals surface area contributed by atoms with Crippen molar-refractivity contribution >= 4 is 11.7 Å². The highest BCUT2D eigenvalue weighted by atomic mass is 16.5. The van der Waals surface area contributed by atoms with E-state index < -0.39 is 0 Å². The van der Waals surface area contributed by atoms with Gasteiger partial charge in [0.1, 0.15) is 11.6 Å². The van der Waals surface area contributed by atoms with Gasteiger partial charge in [-0.05, 0) is 25.7 Å². The van der Waals surface area contributed by atoms with Crippen LogP contribution in [0.15, 0.2) is 12.7 Å². The first-order chi connectivity index (χ1) is 12.3. The normalized spacial score (nSPS) is 23.0. The molecule has 2 aliphatic heterocycles. The van der Waals surface area contributed by atoms with Crippen LogP contribution in [-0.4, -0.2) is 53.6 Å². The molecule has 0 radical (unpaired) electrons. The van der Waals surface area contributed by atoms with Crippen molar-refractivity contribution in [2.45, 2.75) is 38.0 Å². The van der Waals surface area contributed by atoms with Crippen molar-refractivity contribution in [2.75, 3.05) is 38.2 Å². The van der Waals surface area contributed by atoms with Crippen molar-refractivity contribution < 1.29 is 9.53 Å². The quantitative estimate of drug-likeness (QED) is 0.828. The number of nitrogens with zero attached hydrogens (tertiary/aromatic N) is 3. The third-order valence-corrected chi connectivity index (χ3v) is 5.31. The van der Waals surface area contributed by atoms with Gasteiger partial charge in [-0.3, -0.25) is 4.79 Å². The predicted octanol–water partition coefficient (Wildman–Crippen LogP) is 1.92. The third-order valence-electron chi connectivity index (χ3n) is 5.31. The van der Waals surface area contributed by atoms with Crippen molar-refractivity contribution in [1.82, 2.24) is 14.9 Å². The largest absolute Gasteiger partial charge is 0.381 e. The second-order valence-corrected chi connectivity index (χ2v) is 7.19. The van der Waals surface area contributed by atoms with E-state index in [1.165, 1.54) is 18.4 Å². The molecule has 1 N–H and O–H groups in total. The first-order valence-electron chi connectivity index (χ1n) is 9.37. The molecule has 2 fully saturated rings. The Hall–Kier alpha value is -1.95. The minimum Gasteiger partial charge on any atom is -0.381 e. The maximum atomic E-state index is 12.7. The van der Waals surface area contributed by atoms with Gasteiger partial charge in [-0.15, -0.1) is 6.58 Å². The average Bonchev–Trinajstić information content (AvgIpc) is 3.38. The lowest BCUT2D eigenvalue weighted by atomic mass is 10.1. The number of anilines is 1. The number of hydrogen-bond acceptors (Lipinski definition) is 5. The molecule has 4 rings (SSSR count). The summed E-state index contributed by atoms with van der Waals surface area (Å²) in [4.78, 5) is 24.4. The Labute approximate surface area is 148 Å². The molecule has 1 atom stereocenters. The number of rotatable bonds is 5. The first-order valence-corrected chi connectivity index (χ1v) is 9.37. The molecule has 134 valence electrons. The van der Waals surface area contributed by atoms with E-state index in [1.807, 2.05) is 11.0 Å². The van der Waals surface area contributed by atoms with Crippen LogP contribution in [0, 0.1) is 5.92 Å². The molecule has 1 unspecified atom stereocenters. The van der Waals surface area contributed by atoms with Crippen LogP contribution in [0.4, 0.5) is 5.82 Å². The second kappa shape index (κ2) is 7.12. The van der Waals surface area contributed by atoms with E-state index in [-0.39, 0.29) is 11.8 Å². The van der Waals surface area contributed by atoms with E-state index in [2.05, 4.69) is 11.9 Å². The van der Waals surface area contributed by atoms with Gasteiger partial charge >= 0.3 is 0 Å². The standard InChI is InChI=1S/C19H26N4O2/c1-2-8-20-18-15-5-9-23(19(24)14-7-11-25-12-14)10-6-16(15)21-17(22-18)13-3-4-13/h2,13-14H,1,3-12H2,(H,20,21,22). The highest BCUT2D eigenvalue weighted by Crippen LogP contribution is 2.39. The Morgan fingerprint density at radius 3 is 2.84 bits per heavy atom. The van der Waals surface area contributed by atoms with Crippen molar-refractivity contribution in [1.29, 1.82) is 0 Å². The average molecular weight is 342 g/mol. The minimum atomic E-state index is 0.0349. The first kappa shape index (κ1) is 16.5. The van der Waals surface area contributed by atoms with Crippen LogP contribution in [0.5, 0.6) is 0 Å². The molecule has 6 heteroatoms. The van der Waals surface area contributed by atoms with Gasteiger partial charge in [-0.25, -0.2) is 9.97 Å². The van der Waals surface area contributed by atoms with Gasteiger partial charge in [0.15, 0.2) is 0 Å². The summed E-state index contributed by atoms with van der Waals surface area (Å²) in [5.41, 5.74) is 2.28. The van der Waals surface area contributed by atoms with Crippen LogP contribution in [0.1, 0.15) is 42.3 Å². The van der Waals surface area contributed by atoms with E-state index in [1.54, 1.807) is 0 Å². The Morgan fingerprint density at radius 2 is 2.12 bits per heavy atom. The lowest BCUT2D eigenvalue weighted by molar-refractivity contribution is -0.135. The lowest BCUT2D eigenvalue weighted by Crippen LogP contribution is -2.38. The fourth-order valence-corrected chi connectivity index (χ4v) is 3.67. The van der Waals surface area contributed by atoms with Crippen LogP contribution < -0.4 is 5.32 Å². The lowest BCUT2D eigenvalue weighted by Gasteiger charge is -2.23. The topological polar surface area (TPSA) is 67.4 Å². The van der Waals surface area contributed by atoms with Gasteiger partial charge in [0.25, 0.3) is 0 Å². The highest BCUT2D eigenvalue weighted by Gasteiger charge is 2.32. The summed E-state index contributed by atoms with van der Waals surface area (Å²) < 4.78 is 5.39. The summed E-state index contributed by atoms with van der Waals surface area (Å²) in [7, 11) is 0. The molecule has 3 aliphatic rings. The summed E-state index contributed by atoms with van der Waals surface area (Å²) >= 11 is 0. The molecule has 0 aromatic carbocycles. The number of carbonyl (C=O) groups excluding carboxylic acids is 1. The van der Waals surface area contributed by atoms with Gasteiger partial charge in [0, 0.05) is 44.1 Å². The Bertz CT molecular complexity index is 666. The van der Waals surface area contributed by atoms with Crippen molar-refractivity contribution in [2.24, 2.45) is 5.92 Å². The minimum absolute atomic E-state index is 0.0349. The summed E-state index contributed by atoms with van der Waals surface area (Å²) in [5.74, 6) is 2.69. The summed E-state index contributed by atoms with van der Waals surface area (Å²) in [5, 5.41) is 3.38. The van der Waals surface area contributed by atoms with Gasteiger partial charge in [0.05, 0.1) is 18.2 Å². The Balaban J connectivity index is 1.54. The number of nitrogens with one attached hydrogen (secondary N) is 1. The number of carbonyl (C=O) groups is 1. The van der Waals surface area contributed by atoms with E-state index >= 15 is 0 Å². The van der Waals surface area contributed by atoms with Crippen LogP contribution >= 0.6 is 0 Å². The fourth-order valence-electron chi connectivity index (χ4n) is 3.67. The van der Waals surface area contributed by atoms with Crippen molar-refractivity contribution in [3.8, 4) is 0 Å². The molecule has 0 spiro atoms. The molecule has 1 aliphatic carbocycles. The molecular weight excluding hydrogens is 316 g/mol. The number of hydrogen-bond donors (Lipinski definition) is 1. The third kappa shape index (κ3) is 3.54. The molecule has 1 saturated heterocycles. The zero-order valence-electron chi connectivity index (χ0n) is 14.7. The van der Waals surface area contributed by atoms with Gasteiger partial charge in [0.2, 0.25) is 5.91 Å². The maximum absolute atomic E-state index is 12.7. The number of amides is 1. The maximum Gasteiger partial charge on any atom is 0.228 e. The predicted molar refractivity (Wildman–Crippen MR) is 95.6 cm³/mol. The molecule has 1 aromatic rings. The molecule has 6 nitrogen and oxygen atoms in total. The van der Waals surface area contributed by atoms with Crippen LogP contribution in [0.2, 0.25) is 0 Å². The van der Waals surface area contributed by atoms with E-state index in [0.717, 1.165) is 49.7 Å². The van der Waals surface area contributed by atoms with Gasteiger partial charge < -0.3 is 15.0 Å². The number of aromatic nitrogens is 2. The number of fused-ring (bicyclic) bond motifs is 1.